The van der Waals surface area contributed by atoms with E-state index < -0.39 is 0 Å². The van der Waals surface area contributed by atoms with Gasteiger partial charge in [0, 0.05) is 24.3 Å². The number of carbonyl (C=O) groups is 2. The molecule has 1 aromatic heterocycles. The Kier molecular flexibility index (Phi) is 4.61. The molecular weight excluding hydrogens is 372 g/mol. The number of aromatic nitrogens is 2. The van der Waals surface area contributed by atoms with Crippen molar-refractivity contribution in [3.05, 3.63) is 35.4 Å². The summed E-state index contributed by atoms with van der Waals surface area (Å²) in [4.78, 5) is 30.3. The van der Waals surface area contributed by atoms with Crippen LogP contribution in [0.15, 0.2) is 18.2 Å². The highest BCUT2D eigenvalue weighted by atomic mass is 16.7. The van der Waals surface area contributed by atoms with Gasteiger partial charge >= 0.3 is 0 Å². The molecule has 0 unspecified atom stereocenters. The number of imidazole rings is 1. The molecule has 0 saturated heterocycles. The molecule has 3 heterocycles. The fourth-order valence-electron chi connectivity index (χ4n) is 4.38. The van der Waals surface area contributed by atoms with Crippen LogP contribution in [0.3, 0.4) is 0 Å². The maximum absolute atomic E-state index is 13.0. The molecule has 0 spiro atoms. The normalized spacial score (nSPS) is 17.8. The second-order valence-corrected chi connectivity index (χ2v) is 7.82. The van der Waals surface area contributed by atoms with E-state index in [1.807, 2.05) is 4.57 Å². The maximum atomic E-state index is 13.0. The summed E-state index contributed by atoms with van der Waals surface area (Å²) in [5, 5.41) is 5.97. The van der Waals surface area contributed by atoms with Crippen LogP contribution >= 0.6 is 0 Å². The van der Waals surface area contributed by atoms with Gasteiger partial charge in [-0.1, -0.05) is 12.8 Å². The molecule has 0 radical (unpaired) electrons. The van der Waals surface area contributed by atoms with Crippen molar-refractivity contribution < 1.29 is 19.1 Å². The topological polar surface area (TPSA) is 94.5 Å². The Morgan fingerprint density at radius 2 is 1.86 bits per heavy atom. The van der Waals surface area contributed by atoms with E-state index in [1.165, 1.54) is 0 Å². The van der Waals surface area contributed by atoms with Crippen LogP contribution in [-0.4, -0.2) is 34.2 Å². The van der Waals surface area contributed by atoms with Gasteiger partial charge in [-0.3, -0.25) is 9.59 Å². The molecule has 152 valence electrons. The molecule has 8 nitrogen and oxygen atoms in total. The number of nitrogens with one attached hydrogen (secondary N) is 2. The van der Waals surface area contributed by atoms with Crippen LogP contribution in [0.1, 0.15) is 65.3 Å². The molecule has 3 aliphatic rings. The lowest BCUT2D eigenvalue weighted by Gasteiger charge is -2.17. The van der Waals surface area contributed by atoms with E-state index >= 15 is 0 Å². The number of nitrogens with zero attached hydrogens (tertiary/aromatic N) is 2. The first-order valence-corrected chi connectivity index (χ1v) is 10.3. The Hall–Kier alpha value is -3.03. The monoisotopic (exact) mass is 396 g/mol. The van der Waals surface area contributed by atoms with Gasteiger partial charge < -0.3 is 24.7 Å². The molecule has 1 fully saturated rings. The highest BCUT2D eigenvalue weighted by Crippen LogP contribution is 2.34. The molecule has 5 rings (SSSR count). The molecular formula is C21H24N4O4. The first-order valence-electron chi connectivity index (χ1n) is 10.3. The number of rotatable bonds is 4. The van der Waals surface area contributed by atoms with Crippen LogP contribution < -0.4 is 20.1 Å². The molecule has 2 amide bonds. The number of hydrogen-bond acceptors (Lipinski definition) is 5. The van der Waals surface area contributed by atoms with E-state index in [0.29, 0.717) is 29.4 Å². The van der Waals surface area contributed by atoms with E-state index in [1.54, 1.807) is 18.2 Å². The first-order chi connectivity index (χ1) is 14.2. The lowest BCUT2D eigenvalue weighted by atomic mass is 10.1. The van der Waals surface area contributed by atoms with Crippen molar-refractivity contribution in [1.29, 1.82) is 0 Å². The van der Waals surface area contributed by atoms with Gasteiger partial charge in [-0.15, -0.1) is 0 Å². The molecule has 2 aromatic rings. The van der Waals surface area contributed by atoms with Gasteiger partial charge in [-0.2, -0.15) is 0 Å². The molecule has 1 aliphatic carbocycles. The zero-order valence-electron chi connectivity index (χ0n) is 16.2. The smallest absolute Gasteiger partial charge is 0.291 e. The molecule has 2 aliphatic heterocycles. The number of fused-ring (bicyclic) bond motifs is 2. The summed E-state index contributed by atoms with van der Waals surface area (Å²) in [6.45, 7) is 0.878. The zero-order valence-corrected chi connectivity index (χ0v) is 16.2. The number of amides is 2. The van der Waals surface area contributed by atoms with Crippen LogP contribution in [-0.2, 0) is 13.0 Å². The van der Waals surface area contributed by atoms with Crippen molar-refractivity contribution in [2.24, 2.45) is 0 Å². The quantitative estimate of drug-likeness (QED) is 0.829. The Morgan fingerprint density at radius 3 is 2.72 bits per heavy atom. The van der Waals surface area contributed by atoms with E-state index in [0.717, 1.165) is 50.6 Å². The van der Waals surface area contributed by atoms with Crippen molar-refractivity contribution in [2.45, 2.75) is 57.5 Å². The van der Waals surface area contributed by atoms with E-state index in [-0.39, 0.29) is 30.5 Å². The van der Waals surface area contributed by atoms with Crippen molar-refractivity contribution in [3.8, 4) is 11.5 Å². The second-order valence-electron chi connectivity index (χ2n) is 7.82. The van der Waals surface area contributed by atoms with E-state index in [4.69, 9.17) is 9.47 Å². The first kappa shape index (κ1) is 18.0. The van der Waals surface area contributed by atoms with Gasteiger partial charge in [0.15, 0.2) is 17.3 Å². The number of ether oxygens (including phenoxy) is 2. The number of benzene rings is 1. The van der Waals surface area contributed by atoms with Crippen LogP contribution in [0.5, 0.6) is 11.5 Å². The van der Waals surface area contributed by atoms with Gasteiger partial charge in [0.1, 0.15) is 5.69 Å². The fourth-order valence-corrected chi connectivity index (χ4v) is 4.38. The molecule has 29 heavy (non-hydrogen) atoms. The minimum atomic E-state index is -0.327. The molecule has 2 N–H and O–H groups in total. The Bertz CT molecular complexity index is 962. The van der Waals surface area contributed by atoms with Crippen molar-refractivity contribution >= 4 is 17.5 Å². The third kappa shape index (κ3) is 3.43. The number of hydrogen-bond donors (Lipinski definition) is 2. The number of anilines is 1. The summed E-state index contributed by atoms with van der Waals surface area (Å²) in [5.74, 6) is 1.06. The van der Waals surface area contributed by atoms with Gasteiger partial charge in [0.05, 0.1) is 5.69 Å². The van der Waals surface area contributed by atoms with Gasteiger partial charge in [0.2, 0.25) is 6.79 Å². The number of carbonyl (C=O) groups excluding carboxylic acids is 2. The van der Waals surface area contributed by atoms with Crippen LogP contribution in [0.25, 0.3) is 0 Å². The van der Waals surface area contributed by atoms with Crippen molar-refractivity contribution in [3.63, 3.8) is 0 Å². The zero-order chi connectivity index (χ0) is 19.8. The summed E-state index contributed by atoms with van der Waals surface area (Å²) in [6, 6.07) is 5.47. The lowest BCUT2D eigenvalue weighted by Crippen LogP contribution is -2.33. The van der Waals surface area contributed by atoms with Crippen LogP contribution in [0.4, 0.5) is 5.69 Å². The van der Waals surface area contributed by atoms with Gasteiger partial charge in [-0.25, -0.2) is 4.98 Å². The standard InChI is InChI=1S/C21H24N4O4/c26-20(22-13-5-1-2-6-13)18-15-7-3-4-10-25(15)19(24-18)21(27)23-14-8-9-16-17(11-14)29-12-28-16/h8-9,11,13H,1-7,10,12H2,(H,22,26)(H,23,27). The molecule has 0 bridgehead atoms. The third-order valence-electron chi connectivity index (χ3n) is 5.86. The summed E-state index contributed by atoms with van der Waals surface area (Å²) in [5.41, 5.74) is 1.86. The molecule has 1 aromatic carbocycles. The molecule has 0 atom stereocenters. The van der Waals surface area contributed by atoms with E-state index in [9.17, 15) is 9.59 Å². The Labute approximate surface area is 168 Å². The summed E-state index contributed by atoms with van der Waals surface area (Å²) in [7, 11) is 0. The highest BCUT2D eigenvalue weighted by Gasteiger charge is 2.29. The second kappa shape index (κ2) is 7.42. The predicted octanol–water partition coefficient (Wildman–Crippen LogP) is 2.87. The van der Waals surface area contributed by atoms with Crippen LogP contribution in [0.2, 0.25) is 0 Å². The van der Waals surface area contributed by atoms with Crippen molar-refractivity contribution in [2.75, 3.05) is 12.1 Å². The lowest BCUT2D eigenvalue weighted by molar-refractivity contribution is 0.0931. The summed E-state index contributed by atoms with van der Waals surface area (Å²) in [6.07, 6.45) is 7.05. The Morgan fingerprint density at radius 1 is 1.03 bits per heavy atom. The summed E-state index contributed by atoms with van der Waals surface area (Å²) >= 11 is 0. The fraction of sp³-hybridized carbons (Fsp3) is 0.476. The molecule has 8 heteroatoms. The van der Waals surface area contributed by atoms with Crippen molar-refractivity contribution in [1.82, 2.24) is 14.9 Å². The third-order valence-corrected chi connectivity index (χ3v) is 5.86. The van der Waals surface area contributed by atoms with Gasteiger partial charge in [0.25, 0.3) is 11.8 Å². The Balaban J connectivity index is 1.39. The largest absolute Gasteiger partial charge is 0.454 e. The van der Waals surface area contributed by atoms with Crippen LogP contribution in [0, 0.1) is 0 Å². The maximum Gasteiger partial charge on any atom is 0.291 e. The minimum absolute atomic E-state index is 0.162. The predicted molar refractivity (Wildman–Crippen MR) is 105 cm³/mol. The average molecular weight is 396 g/mol. The van der Waals surface area contributed by atoms with E-state index in [2.05, 4.69) is 15.6 Å². The minimum Gasteiger partial charge on any atom is -0.454 e. The highest BCUT2D eigenvalue weighted by molar-refractivity contribution is 6.04. The molecule has 1 saturated carbocycles. The summed E-state index contributed by atoms with van der Waals surface area (Å²) < 4.78 is 12.6. The average Bonchev–Trinajstić information content (AvgIpc) is 3.47. The SMILES string of the molecule is O=C(NC1CCCC1)c1nc(C(=O)Nc2ccc3c(c2)OCO3)n2c1CCCC2. The van der Waals surface area contributed by atoms with Gasteiger partial charge in [-0.05, 0) is 44.2 Å².